The largest absolute Gasteiger partial charge is 0.469 e. The van der Waals surface area contributed by atoms with Gasteiger partial charge in [-0.25, -0.2) is 4.79 Å². The van der Waals surface area contributed by atoms with Crippen LogP contribution in [0.3, 0.4) is 0 Å². The van der Waals surface area contributed by atoms with Crippen LogP contribution in [-0.4, -0.2) is 44.8 Å². The van der Waals surface area contributed by atoms with Gasteiger partial charge in [-0.2, -0.15) is 0 Å². The third-order valence-corrected chi connectivity index (χ3v) is 3.01. The second-order valence-electron chi connectivity index (χ2n) is 4.41. The maximum atomic E-state index is 12.0. The summed E-state index contributed by atoms with van der Waals surface area (Å²) in [6, 6.07) is 8.33. The van der Waals surface area contributed by atoms with Crippen molar-refractivity contribution in [2.24, 2.45) is 0 Å². The van der Waals surface area contributed by atoms with Crippen LogP contribution in [0.2, 0.25) is 0 Å². The van der Waals surface area contributed by atoms with Gasteiger partial charge in [0.1, 0.15) is 5.75 Å². The molecule has 0 radical (unpaired) electrons. The molecular weight excluding hydrogens is 292 g/mol. The monoisotopic (exact) mass is 310 g/mol. The van der Waals surface area contributed by atoms with Crippen molar-refractivity contribution in [1.82, 2.24) is 0 Å². The molecule has 1 aromatic carbocycles. The maximum absolute atomic E-state index is 12.0. The molecule has 0 spiro atoms. The molecule has 22 heavy (non-hydrogen) atoms. The van der Waals surface area contributed by atoms with Crippen LogP contribution in [0.5, 0.6) is 5.75 Å². The molecule has 0 aromatic heterocycles. The molecule has 1 aromatic rings. The van der Waals surface area contributed by atoms with Crippen molar-refractivity contribution >= 4 is 17.9 Å². The topological polar surface area (TPSA) is 88.1 Å². The number of carbonyl (C=O) groups excluding carboxylic acids is 3. The van der Waals surface area contributed by atoms with Crippen LogP contribution in [0, 0.1) is 0 Å². The van der Waals surface area contributed by atoms with Gasteiger partial charge in [-0.3, -0.25) is 9.59 Å². The van der Waals surface area contributed by atoms with Crippen molar-refractivity contribution in [3.63, 3.8) is 0 Å². The van der Waals surface area contributed by atoms with E-state index in [9.17, 15) is 14.4 Å². The Morgan fingerprint density at radius 2 is 1.50 bits per heavy atom. The number of para-hydroxylation sites is 1. The second kappa shape index (κ2) is 8.14. The smallest absolute Gasteiger partial charge is 0.339 e. The summed E-state index contributed by atoms with van der Waals surface area (Å²) >= 11 is 0. The summed E-state index contributed by atoms with van der Waals surface area (Å²) in [5.74, 6) is -1.98. The Kier molecular flexibility index (Phi) is 6.52. The molecule has 0 aliphatic heterocycles. The molecule has 0 saturated heterocycles. The normalized spacial score (nSPS) is 12.9. The highest BCUT2D eigenvalue weighted by Crippen LogP contribution is 2.24. The molecule has 7 heteroatoms. The average molecular weight is 310 g/mol. The number of methoxy groups -OCH3 is 3. The first-order chi connectivity index (χ1) is 10.5. The number of ether oxygens (including phenoxy) is 4. The SMILES string of the molecule is COC(=O)CC(CC(=O)Oc1ccccc1)(OC)C(=O)OC. The van der Waals surface area contributed by atoms with Gasteiger partial charge in [0.2, 0.25) is 0 Å². The Labute approximate surface area is 128 Å². The molecule has 1 unspecified atom stereocenters. The molecule has 0 heterocycles. The van der Waals surface area contributed by atoms with E-state index in [0.29, 0.717) is 5.75 Å². The Balaban J connectivity index is 2.89. The van der Waals surface area contributed by atoms with E-state index in [1.54, 1.807) is 30.3 Å². The Bertz CT molecular complexity index is 526. The van der Waals surface area contributed by atoms with E-state index < -0.39 is 36.4 Å². The summed E-state index contributed by atoms with van der Waals surface area (Å²) in [7, 11) is 3.51. The lowest BCUT2D eigenvalue weighted by molar-refractivity contribution is -0.177. The number of benzene rings is 1. The standard InChI is InChI=1S/C15H18O7/c1-19-12(16)9-15(21-3,14(18)20-2)10-13(17)22-11-7-5-4-6-8-11/h4-8H,9-10H2,1-3H3. The number of carbonyl (C=O) groups is 3. The predicted molar refractivity (Wildman–Crippen MR) is 75.1 cm³/mol. The third kappa shape index (κ3) is 4.56. The van der Waals surface area contributed by atoms with Gasteiger partial charge in [0.15, 0.2) is 5.60 Å². The molecule has 0 fully saturated rings. The van der Waals surface area contributed by atoms with E-state index in [1.165, 1.54) is 14.2 Å². The number of hydrogen-bond acceptors (Lipinski definition) is 7. The average Bonchev–Trinajstić information content (AvgIpc) is 2.53. The molecule has 0 aliphatic carbocycles. The zero-order valence-electron chi connectivity index (χ0n) is 12.7. The van der Waals surface area contributed by atoms with E-state index in [1.807, 2.05) is 0 Å². The molecule has 120 valence electrons. The Hall–Kier alpha value is -2.41. The van der Waals surface area contributed by atoms with Crippen LogP contribution in [0.1, 0.15) is 12.8 Å². The highest BCUT2D eigenvalue weighted by molar-refractivity contribution is 5.90. The van der Waals surface area contributed by atoms with Crippen LogP contribution < -0.4 is 4.74 Å². The maximum Gasteiger partial charge on any atom is 0.339 e. The molecule has 1 atom stereocenters. The second-order valence-corrected chi connectivity index (χ2v) is 4.41. The van der Waals surface area contributed by atoms with Gasteiger partial charge in [0, 0.05) is 7.11 Å². The van der Waals surface area contributed by atoms with Gasteiger partial charge in [0.25, 0.3) is 0 Å². The quantitative estimate of drug-likeness (QED) is 0.550. The summed E-state index contributed by atoms with van der Waals surface area (Å²) in [6.45, 7) is 0. The van der Waals surface area contributed by atoms with E-state index in [4.69, 9.17) is 9.47 Å². The van der Waals surface area contributed by atoms with Crippen LogP contribution in [0.15, 0.2) is 30.3 Å². The molecular formula is C15H18O7. The van der Waals surface area contributed by atoms with E-state index in [0.717, 1.165) is 7.11 Å². The van der Waals surface area contributed by atoms with Crippen molar-refractivity contribution in [3.05, 3.63) is 30.3 Å². The minimum atomic E-state index is -1.78. The molecule has 1 rings (SSSR count). The molecule has 0 aliphatic rings. The van der Waals surface area contributed by atoms with Crippen molar-refractivity contribution in [3.8, 4) is 5.75 Å². The zero-order chi connectivity index (χ0) is 16.6. The van der Waals surface area contributed by atoms with Gasteiger partial charge in [-0.05, 0) is 12.1 Å². The summed E-state index contributed by atoms with van der Waals surface area (Å²) in [6.07, 6.45) is -0.948. The fourth-order valence-electron chi connectivity index (χ4n) is 1.82. The highest BCUT2D eigenvalue weighted by atomic mass is 16.6. The molecule has 7 nitrogen and oxygen atoms in total. The lowest BCUT2D eigenvalue weighted by Crippen LogP contribution is -2.46. The fourth-order valence-corrected chi connectivity index (χ4v) is 1.82. The number of rotatable bonds is 7. The molecule has 0 saturated carbocycles. The van der Waals surface area contributed by atoms with Crippen LogP contribution in [0.25, 0.3) is 0 Å². The summed E-state index contributed by atoms with van der Waals surface area (Å²) in [5.41, 5.74) is -1.78. The van der Waals surface area contributed by atoms with Crippen molar-refractivity contribution < 1.29 is 33.3 Å². The summed E-state index contributed by atoms with van der Waals surface area (Å²) < 4.78 is 19.3. The van der Waals surface area contributed by atoms with Crippen molar-refractivity contribution in [2.75, 3.05) is 21.3 Å². The van der Waals surface area contributed by atoms with E-state index in [-0.39, 0.29) is 0 Å². The van der Waals surface area contributed by atoms with Gasteiger partial charge >= 0.3 is 17.9 Å². The van der Waals surface area contributed by atoms with Gasteiger partial charge in [0.05, 0.1) is 27.1 Å². The van der Waals surface area contributed by atoms with Crippen LogP contribution in [-0.2, 0) is 28.6 Å². The third-order valence-electron chi connectivity index (χ3n) is 3.01. The summed E-state index contributed by atoms with van der Waals surface area (Å²) in [4.78, 5) is 35.4. The predicted octanol–water partition coefficient (Wildman–Crippen LogP) is 1.10. The number of esters is 3. The van der Waals surface area contributed by atoms with Crippen molar-refractivity contribution in [2.45, 2.75) is 18.4 Å². The lowest BCUT2D eigenvalue weighted by atomic mass is 9.95. The Morgan fingerprint density at radius 1 is 0.909 bits per heavy atom. The van der Waals surface area contributed by atoms with Gasteiger partial charge in [-0.1, -0.05) is 18.2 Å². The highest BCUT2D eigenvalue weighted by Gasteiger charge is 2.45. The first-order valence-corrected chi connectivity index (χ1v) is 6.43. The van der Waals surface area contributed by atoms with Gasteiger partial charge in [-0.15, -0.1) is 0 Å². The Morgan fingerprint density at radius 3 is 2.00 bits per heavy atom. The minimum Gasteiger partial charge on any atom is -0.469 e. The lowest BCUT2D eigenvalue weighted by Gasteiger charge is -2.27. The fraction of sp³-hybridized carbons (Fsp3) is 0.400. The van der Waals surface area contributed by atoms with Crippen LogP contribution >= 0.6 is 0 Å². The summed E-state index contributed by atoms with van der Waals surface area (Å²) in [5, 5.41) is 0. The number of hydrogen-bond donors (Lipinski definition) is 0. The van der Waals surface area contributed by atoms with E-state index >= 15 is 0 Å². The molecule has 0 N–H and O–H groups in total. The van der Waals surface area contributed by atoms with Gasteiger partial charge < -0.3 is 18.9 Å². The molecule has 0 amide bonds. The first kappa shape index (κ1) is 17.6. The van der Waals surface area contributed by atoms with Crippen LogP contribution in [0.4, 0.5) is 0 Å². The van der Waals surface area contributed by atoms with E-state index in [2.05, 4.69) is 9.47 Å². The minimum absolute atomic E-state index is 0.320. The first-order valence-electron chi connectivity index (χ1n) is 6.43. The zero-order valence-corrected chi connectivity index (χ0v) is 12.7. The molecule has 0 bridgehead atoms. The van der Waals surface area contributed by atoms with Crippen molar-refractivity contribution in [1.29, 1.82) is 0 Å².